The van der Waals surface area contributed by atoms with Crippen LogP contribution >= 0.6 is 31.9 Å². The SMILES string of the molecule is CCCN1c2cc(OC)c(/C=N\NC(=O)c3cc(Br)cc(Br)c3O)cc2C(C)CC1(C)C. The van der Waals surface area contributed by atoms with E-state index in [2.05, 4.69) is 87.1 Å². The molecule has 2 N–H and O–H groups in total. The zero-order valence-corrected chi connectivity index (χ0v) is 22.2. The predicted molar refractivity (Wildman–Crippen MR) is 136 cm³/mol. The number of benzene rings is 2. The first-order valence-corrected chi connectivity index (χ1v) is 12.2. The van der Waals surface area contributed by atoms with Gasteiger partial charge >= 0.3 is 0 Å². The number of carbonyl (C=O) groups excluding carboxylic acids is 1. The van der Waals surface area contributed by atoms with Crippen molar-refractivity contribution < 1.29 is 14.6 Å². The molecule has 0 aliphatic carbocycles. The molecule has 0 spiro atoms. The first-order valence-electron chi connectivity index (χ1n) is 10.6. The molecule has 1 aliphatic rings. The average Bonchev–Trinajstić information content (AvgIpc) is 2.72. The second kappa shape index (κ2) is 9.83. The fourth-order valence-electron chi connectivity index (χ4n) is 4.41. The van der Waals surface area contributed by atoms with Gasteiger partial charge in [-0.05, 0) is 72.3 Å². The van der Waals surface area contributed by atoms with Gasteiger partial charge in [-0.2, -0.15) is 5.10 Å². The van der Waals surface area contributed by atoms with E-state index in [1.54, 1.807) is 19.4 Å². The predicted octanol–water partition coefficient (Wildman–Crippen LogP) is 6.19. The number of ether oxygens (including phenoxy) is 1. The number of carbonyl (C=O) groups is 1. The van der Waals surface area contributed by atoms with Gasteiger partial charge in [0.15, 0.2) is 0 Å². The summed E-state index contributed by atoms with van der Waals surface area (Å²) in [6, 6.07) is 7.37. The third-order valence-corrected chi connectivity index (χ3v) is 6.89. The van der Waals surface area contributed by atoms with Gasteiger partial charge < -0.3 is 14.7 Å². The van der Waals surface area contributed by atoms with E-state index in [0.717, 1.165) is 24.9 Å². The van der Waals surface area contributed by atoms with Crippen LogP contribution in [0.5, 0.6) is 11.5 Å². The highest BCUT2D eigenvalue weighted by molar-refractivity contribution is 9.11. The van der Waals surface area contributed by atoms with Gasteiger partial charge in [0.1, 0.15) is 11.5 Å². The normalized spacial score (nSPS) is 17.3. The summed E-state index contributed by atoms with van der Waals surface area (Å²) in [4.78, 5) is 15.0. The lowest BCUT2D eigenvalue weighted by Gasteiger charge is -2.47. The van der Waals surface area contributed by atoms with Crippen molar-refractivity contribution in [3.63, 3.8) is 0 Å². The number of hydrogen-bond donors (Lipinski definition) is 2. The molecule has 32 heavy (non-hydrogen) atoms. The summed E-state index contributed by atoms with van der Waals surface area (Å²) in [5.41, 5.74) is 5.90. The molecule has 1 atom stereocenters. The number of hydrogen-bond acceptors (Lipinski definition) is 5. The van der Waals surface area contributed by atoms with Crippen molar-refractivity contribution in [2.24, 2.45) is 5.10 Å². The maximum Gasteiger partial charge on any atom is 0.275 e. The number of methoxy groups -OCH3 is 1. The largest absolute Gasteiger partial charge is 0.506 e. The van der Waals surface area contributed by atoms with E-state index in [9.17, 15) is 9.90 Å². The van der Waals surface area contributed by atoms with Crippen LogP contribution in [0.3, 0.4) is 0 Å². The number of nitrogens with zero attached hydrogens (tertiary/aromatic N) is 2. The van der Waals surface area contributed by atoms with Crippen LogP contribution < -0.4 is 15.1 Å². The minimum Gasteiger partial charge on any atom is -0.506 e. The Morgan fingerprint density at radius 2 is 2.06 bits per heavy atom. The first kappa shape index (κ1) is 24.6. The third kappa shape index (κ3) is 4.96. The number of phenolic OH excluding ortho intramolecular Hbond substituents is 1. The topological polar surface area (TPSA) is 74.2 Å². The van der Waals surface area contributed by atoms with Crippen molar-refractivity contribution in [2.75, 3.05) is 18.6 Å². The van der Waals surface area contributed by atoms with Gasteiger partial charge in [-0.1, -0.05) is 29.8 Å². The van der Waals surface area contributed by atoms with E-state index in [1.165, 1.54) is 17.3 Å². The Labute approximate surface area is 206 Å². The highest BCUT2D eigenvalue weighted by Crippen LogP contribution is 2.45. The van der Waals surface area contributed by atoms with Gasteiger partial charge in [0, 0.05) is 33.9 Å². The number of halogens is 2. The van der Waals surface area contributed by atoms with Crippen LogP contribution in [0.2, 0.25) is 0 Å². The standard InChI is InChI=1S/C24H29Br2N3O3/c1-6-7-29-20-11-21(32-5)15(8-17(20)14(2)12-24(29,3)4)13-27-28-23(31)18-9-16(25)10-19(26)22(18)30/h8-11,13-14,30H,6-7,12H2,1-5H3,(H,28,31)/b27-13-. The summed E-state index contributed by atoms with van der Waals surface area (Å²) >= 11 is 6.56. The third-order valence-electron chi connectivity index (χ3n) is 5.83. The molecule has 0 saturated carbocycles. The summed E-state index contributed by atoms with van der Waals surface area (Å²) in [6.07, 6.45) is 3.70. The summed E-state index contributed by atoms with van der Waals surface area (Å²) < 4.78 is 6.74. The maximum atomic E-state index is 12.5. The summed E-state index contributed by atoms with van der Waals surface area (Å²) in [7, 11) is 1.64. The molecule has 0 aromatic heterocycles. The molecule has 0 bridgehead atoms. The summed E-state index contributed by atoms with van der Waals surface area (Å²) in [6.45, 7) is 9.98. The molecule has 1 unspecified atom stereocenters. The lowest BCUT2D eigenvalue weighted by Crippen LogP contribution is -2.48. The van der Waals surface area contributed by atoms with Gasteiger partial charge in [-0.3, -0.25) is 4.79 Å². The number of nitrogens with one attached hydrogen (secondary N) is 1. The van der Waals surface area contributed by atoms with Gasteiger partial charge in [0.25, 0.3) is 5.91 Å². The highest BCUT2D eigenvalue weighted by Gasteiger charge is 2.36. The van der Waals surface area contributed by atoms with E-state index >= 15 is 0 Å². The molecule has 0 saturated heterocycles. The number of fused-ring (bicyclic) bond motifs is 1. The van der Waals surface area contributed by atoms with E-state index in [0.29, 0.717) is 20.6 Å². The van der Waals surface area contributed by atoms with Gasteiger partial charge in [-0.25, -0.2) is 5.43 Å². The Morgan fingerprint density at radius 3 is 2.72 bits per heavy atom. The monoisotopic (exact) mass is 565 g/mol. The Kier molecular flexibility index (Phi) is 7.55. The number of hydrazone groups is 1. The molecule has 1 amide bonds. The number of anilines is 1. The van der Waals surface area contributed by atoms with Gasteiger partial charge in [-0.15, -0.1) is 0 Å². The molecule has 1 aliphatic heterocycles. The smallest absolute Gasteiger partial charge is 0.275 e. The van der Waals surface area contributed by atoms with Gasteiger partial charge in [0.2, 0.25) is 0 Å². The molecular formula is C24H29Br2N3O3. The zero-order valence-electron chi connectivity index (χ0n) is 19.0. The lowest BCUT2D eigenvalue weighted by molar-refractivity contribution is 0.0952. The van der Waals surface area contributed by atoms with E-state index in [1.807, 2.05) is 0 Å². The van der Waals surface area contributed by atoms with Crippen LogP contribution in [0.25, 0.3) is 0 Å². The Balaban J connectivity index is 1.90. The second-order valence-electron chi connectivity index (χ2n) is 8.71. The van der Waals surface area contributed by atoms with Crippen molar-refractivity contribution >= 4 is 49.7 Å². The van der Waals surface area contributed by atoms with Crippen LogP contribution in [-0.2, 0) is 0 Å². The van der Waals surface area contributed by atoms with Crippen LogP contribution in [-0.4, -0.2) is 36.4 Å². The summed E-state index contributed by atoms with van der Waals surface area (Å²) in [5, 5.41) is 14.3. The number of rotatable bonds is 6. The fraction of sp³-hybridized carbons (Fsp3) is 0.417. The van der Waals surface area contributed by atoms with Crippen LogP contribution in [0.1, 0.15) is 67.9 Å². The molecular weight excluding hydrogens is 538 g/mol. The molecule has 6 nitrogen and oxygen atoms in total. The molecule has 2 aromatic carbocycles. The first-order chi connectivity index (χ1) is 15.1. The van der Waals surface area contributed by atoms with Crippen LogP contribution in [0.15, 0.2) is 38.3 Å². The Morgan fingerprint density at radius 1 is 1.34 bits per heavy atom. The van der Waals surface area contributed by atoms with Crippen LogP contribution in [0, 0.1) is 0 Å². The van der Waals surface area contributed by atoms with Crippen molar-refractivity contribution in [2.45, 2.75) is 52.0 Å². The zero-order chi connectivity index (χ0) is 23.6. The quantitative estimate of drug-likeness (QED) is 0.323. The minimum absolute atomic E-state index is 0.0667. The number of phenols is 1. The van der Waals surface area contributed by atoms with E-state index < -0.39 is 5.91 Å². The molecule has 0 radical (unpaired) electrons. The van der Waals surface area contributed by atoms with Crippen molar-refractivity contribution in [1.82, 2.24) is 5.43 Å². The van der Waals surface area contributed by atoms with Crippen molar-refractivity contribution in [1.29, 1.82) is 0 Å². The van der Waals surface area contributed by atoms with E-state index in [-0.39, 0.29) is 16.9 Å². The van der Waals surface area contributed by atoms with Crippen molar-refractivity contribution in [3.05, 3.63) is 49.9 Å². The minimum atomic E-state index is -0.512. The Bertz CT molecular complexity index is 1050. The van der Waals surface area contributed by atoms with Crippen LogP contribution in [0.4, 0.5) is 5.69 Å². The lowest BCUT2D eigenvalue weighted by atomic mass is 9.79. The number of amides is 1. The molecule has 0 fully saturated rings. The Hall–Kier alpha value is -2.06. The molecule has 1 heterocycles. The maximum absolute atomic E-state index is 12.5. The molecule has 3 rings (SSSR count). The molecule has 2 aromatic rings. The average molecular weight is 567 g/mol. The van der Waals surface area contributed by atoms with Gasteiger partial charge in [0.05, 0.1) is 23.4 Å². The van der Waals surface area contributed by atoms with E-state index in [4.69, 9.17) is 4.74 Å². The van der Waals surface area contributed by atoms with Crippen molar-refractivity contribution in [3.8, 4) is 11.5 Å². The summed E-state index contributed by atoms with van der Waals surface area (Å²) in [5.74, 6) is 0.430. The molecule has 8 heteroatoms. The second-order valence-corrected chi connectivity index (χ2v) is 10.5. The molecule has 172 valence electrons. The highest BCUT2D eigenvalue weighted by atomic mass is 79.9. The fourth-order valence-corrected chi connectivity index (χ4v) is 5.64. The number of aromatic hydroxyl groups is 1.